The molecular weight excluding hydrogens is 434 g/mol. The van der Waals surface area contributed by atoms with Gasteiger partial charge in [-0.25, -0.2) is 4.99 Å². The van der Waals surface area contributed by atoms with Gasteiger partial charge in [0.2, 0.25) is 0 Å². The van der Waals surface area contributed by atoms with Crippen LogP contribution in [-0.4, -0.2) is 57.3 Å². The molecule has 9 heteroatoms. The van der Waals surface area contributed by atoms with E-state index in [0.29, 0.717) is 50.7 Å². The molecule has 0 fully saturated rings. The van der Waals surface area contributed by atoms with Crippen molar-refractivity contribution in [3.8, 4) is 11.5 Å². The highest BCUT2D eigenvalue weighted by atomic mass is 16.5. The standard InChI is InChI=1S/C25H29N5O4/c1-25(2)14-34-23(27-25)11-21-18-9-19(22(31)10-20(18)28-29-21)24(32)30-12-15-4-5-17(8-16(15)13-30)33-7-3-6-26/h4-5,8-10,31H,3,6-7,11-14,26H2,1-2H3,(H,28,29). The zero-order valence-electron chi connectivity index (χ0n) is 19.4. The van der Waals surface area contributed by atoms with E-state index in [1.54, 1.807) is 17.0 Å². The molecule has 2 aliphatic heterocycles. The highest BCUT2D eigenvalue weighted by molar-refractivity contribution is 6.02. The number of aromatic nitrogens is 2. The van der Waals surface area contributed by atoms with Crippen LogP contribution in [-0.2, 0) is 24.2 Å². The minimum absolute atomic E-state index is 0.0787. The number of carbonyl (C=O) groups excluding carboxylic acids is 1. The number of ether oxygens (including phenoxy) is 2. The normalized spacial score (nSPS) is 16.4. The number of benzene rings is 2. The molecule has 2 aromatic carbocycles. The van der Waals surface area contributed by atoms with E-state index in [0.717, 1.165) is 34.4 Å². The molecule has 0 saturated heterocycles. The molecule has 4 N–H and O–H groups in total. The first-order chi connectivity index (χ1) is 16.3. The van der Waals surface area contributed by atoms with Gasteiger partial charge in [-0.3, -0.25) is 9.89 Å². The Morgan fingerprint density at radius 1 is 1.26 bits per heavy atom. The van der Waals surface area contributed by atoms with Gasteiger partial charge in [0.1, 0.15) is 18.1 Å². The summed E-state index contributed by atoms with van der Waals surface area (Å²) in [6.45, 7) is 6.64. The summed E-state index contributed by atoms with van der Waals surface area (Å²) >= 11 is 0. The molecule has 0 spiro atoms. The third kappa shape index (κ3) is 4.31. The van der Waals surface area contributed by atoms with Crippen molar-refractivity contribution in [2.45, 2.75) is 45.3 Å². The third-order valence-corrected chi connectivity index (χ3v) is 6.13. The quantitative estimate of drug-likeness (QED) is 0.463. The number of phenols is 1. The summed E-state index contributed by atoms with van der Waals surface area (Å²) < 4.78 is 11.4. The van der Waals surface area contributed by atoms with Crippen LogP contribution in [0.1, 0.15) is 47.4 Å². The molecule has 1 aromatic heterocycles. The Kier molecular flexibility index (Phi) is 5.65. The van der Waals surface area contributed by atoms with Gasteiger partial charge < -0.3 is 25.2 Å². The third-order valence-electron chi connectivity index (χ3n) is 6.13. The van der Waals surface area contributed by atoms with Crippen LogP contribution in [0.2, 0.25) is 0 Å². The molecule has 0 aliphatic carbocycles. The molecule has 3 aromatic rings. The molecule has 0 saturated carbocycles. The van der Waals surface area contributed by atoms with Gasteiger partial charge >= 0.3 is 0 Å². The van der Waals surface area contributed by atoms with E-state index in [2.05, 4.69) is 15.2 Å². The smallest absolute Gasteiger partial charge is 0.258 e. The number of nitrogens with one attached hydrogen (secondary N) is 1. The fraction of sp³-hybridized carbons (Fsp3) is 0.400. The fourth-order valence-corrected chi connectivity index (χ4v) is 4.36. The van der Waals surface area contributed by atoms with Gasteiger partial charge in [-0.15, -0.1) is 0 Å². The molecule has 3 heterocycles. The van der Waals surface area contributed by atoms with E-state index in [4.69, 9.17) is 15.2 Å². The summed E-state index contributed by atoms with van der Waals surface area (Å²) in [5, 5.41) is 18.7. The van der Waals surface area contributed by atoms with Gasteiger partial charge in [0.15, 0.2) is 5.90 Å². The second-order valence-electron chi connectivity index (χ2n) is 9.45. The predicted octanol–water partition coefficient (Wildman–Crippen LogP) is 2.90. The number of aromatic hydroxyl groups is 1. The van der Waals surface area contributed by atoms with Crippen molar-refractivity contribution in [3.63, 3.8) is 0 Å². The van der Waals surface area contributed by atoms with Crippen molar-refractivity contribution in [2.75, 3.05) is 19.8 Å². The number of H-pyrrole nitrogens is 1. The fourth-order valence-electron chi connectivity index (χ4n) is 4.36. The predicted molar refractivity (Wildman–Crippen MR) is 128 cm³/mol. The van der Waals surface area contributed by atoms with Crippen molar-refractivity contribution in [1.82, 2.24) is 15.1 Å². The highest BCUT2D eigenvalue weighted by Crippen LogP contribution is 2.32. The number of rotatable bonds is 7. The summed E-state index contributed by atoms with van der Waals surface area (Å²) in [6.07, 6.45) is 1.21. The maximum absolute atomic E-state index is 13.4. The Bertz CT molecular complexity index is 1280. The van der Waals surface area contributed by atoms with Crippen LogP contribution >= 0.6 is 0 Å². The van der Waals surface area contributed by atoms with Gasteiger partial charge in [-0.2, -0.15) is 5.10 Å². The first-order valence-electron chi connectivity index (χ1n) is 11.5. The molecule has 2 aliphatic rings. The molecule has 0 unspecified atom stereocenters. The van der Waals surface area contributed by atoms with Crippen molar-refractivity contribution < 1.29 is 19.4 Å². The van der Waals surface area contributed by atoms with Crippen molar-refractivity contribution >= 4 is 22.7 Å². The Balaban J connectivity index is 1.36. The summed E-state index contributed by atoms with van der Waals surface area (Å²) in [7, 11) is 0. The lowest BCUT2D eigenvalue weighted by Gasteiger charge is -2.16. The number of carbonyl (C=O) groups is 1. The Labute approximate surface area is 197 Å². The van der Waals surface area contributed by atoms with E-state index in [-0.39, 0.29) is 22.8 Å². The monoisotopic (exact) mass is 463 g/mol. The summed E-state index contributed by atoms with van der Waals surface area (Å²) in [4.78, 5) is 19.7. The number of nitrogens with two attached hydrogens (primary N) is 1. The van der Waals surface area contributed by atoms with Crippen LogP contribution in [0.3, 0.4) is 0 Å². The summed E-state index contributed by atoms with van der Waals surface area (Å²) in [5.74, 6) is 1.09. The van der Waals surface area contributed by atoms with Gasteiger partial charge in [0.25, 0.3) is 5.91 Å². The van der Waals surface area contributed by atoms with E-state index in [9.17, 15) is 9.90 Å². The van der Waals surface area contributed by atoms with Gasteiger partial charge in [-0.05, 0) is 56.1 Å². The lowest BCUT2D eigenvalue weighted by molar-refractivity contribution is 0.0748. The minimum Gasteiger partial charge on any atom is -0.507 e. The van der Waals surface area contributed by atoms with Crippen molar-refractivity contribution in [2.24, 2.45) is 10.7 Å². The van der Waals surface area contributed by atoms with Crippen LogP contribution in [0.15, 0.2) is 35.3 Å². The first-order valence-corrected chi connectivity index (χ1v) is 11.5. The Morgan fingerprint density at radius 2 is 2.09 bits per heavy atom. The molecule has 0 bridgehead atoms. The highest BCUT2D eigenvalue weighted by Gasteiger charge is 2.29. The maximum Gasteiger partial charge on any atom is 0.258 e. The van der Waals surface area contributed by atoms with Crippen LogP contribution in [0, 0.1) is 0 Å². The number of aliphatic imine (C=N–C) groups is 1. The number of fused-ring (bicyclic) bond motifs is 2. The number of aromatic amines is 1. The average molecular weight is 464 g/mol. The Morgan fingerprint density at radius 3 is 2.85 bits per heavy atom. The van der Waals surface area contributed by atoms with E-state index < -0.39 is 0 Å². The van der Waals surface area contributed by atoms with Gasteiger partial charge in [-0.1, -0.05) is 6.07 Å². The molecule has 178 valence electrons. The number of amides is 1. The molecular formula is C25H29N5O4. The van der Waals surface area contributed by atoms with Gasteiger partial charge in [0.05, 0.1) is 35.3 Å². The topological polar surface area (TPSA) is 126 Å². The largest absolute Gasteiger partial charge is 0.507 e. The second-order valence-corrected chi connectivity index (χ2v) is 9.45. The lowest BCUT2D eigenvalue weighted by atomic mass is 10.1. The van der Waals surface area contributed by atoms with Crippen LogP contribution in [0.4, 0.5) is 0 Å². The maximum atomic E-state index is 13.4. The second kappa shape index (κ2) is 8.64. The van der Waals surface area contributed by atoms with Crippen molar-refractivity contribution in [3.05, 3.63) is 52.7 Å². The molecule has 34 heavy (non-hydrogen) atoms. The number of phenolic OH excluding ortho intramolecular Hbond substituents is 1. The van der Waals surface area contributed by atoms with E-state index in [1.165, 1.54) is 0 Å². The Hall–Kier alpha value is -3.59. The first kappa shape index (κ1) is 22.2. The van der Waals surface area contributed by atoms with E-state index >= 15 is 0 Å². The minimum atomic E-state index is -0.249. The summed E-state index contributed by atoms with van der Waals surface area (Å²) in [6, 6.07) is 9.13. The number of hydrogen-bond donors (Lipinski definition) is 3. The van der Waals surface area contributed by atoms with Gasteiger partial charge in [0, 0.05) is 24.5 Å². The molecule has 0 radical (unpaired) electrons. The zero-order chi connectivity index (χ0) is 23.9. The van der Waals surface area contributed by atoms with Crippen molar-refractivity contribution in [1.29, 1.82) is 0 Å². The average Bonchev–Trinajstić information content (AvgIpc) is 3.49. The molecule has 5 rings (SSSR count). The van der Waals surface area contributed by atoms with E-state index in [1.807, 2.05) is 32.0 Å². The zero-order valence-corrected chi connectivity index (χ0v) is 19.4. The molecule has 1 amide bonds. The molecule has 9 nitrogen and oxygen atoms in total. The van der Waals surface area contributed by atoms with Crippen LogP contribution in [0.5, 0.6) is 11.5 Å². The number of hydrogen-bond acceptors (Lipinski definition) is 7. The molecule has 0 atom stereocenters. The summed E-state index contributed by atoms with van der Waals surface area (Å²) in [5.41, 5.74) is 9.03. The number of nitrogens with zero attached hydrogens (tertiary/aromatic N) is 3. The SMILES string of the molecule is CC1(C)COC(Cc2n[nH]c3cc(O)c(C(=O)N4Cc5ccc(OCCCN)cc5C4)cc23)=N1. The van der Waals surface area contributed by atoms with Crippen LogP contribution in [0.25, 0.3) is 10.9 Å². The lowest BCUT2D eigenvalue weighted by Crippen LogP contribution is -2.25. The van der Waals surface area contributed by atoms with Crippen LogP contribution < -0.4 is 10.5 Å².